The van der Waals surface area contributed by atoms with Crippen LogP contribution in [0.15, 0.2) is 53.0 Å². The van der Waals surface area contributed by atoms with Gasteiger partial charge < -0.3 is 25.4 Å². The first kappa shape index (κ1) is 19.6. The Morgan fingerprint density at radius 3 is 2.71 bits per heavy atom. The Kier molecular flexibility index (Phi) is 6.07. The maximum atomic E-state index is 12.6. The second-order valence-corrected chi connectivity index (χ2v) is 6.88. The van der Waals surface area contributed by atoms with Gasteiger partial charge in [0.15, 0.2) is 0 Å². The fourth-order valence-corrected chi connectivity index (χ4v) is 3.39. The molecule has 28 heavy (non-hydrogen) atoms. The van der Waals surface area contributed by atoms with Crippen molar-refractivity contribution >= 4 is 40.5 Å². The predicted molar refractivity (Wildman–Crippen MR) is 105 cm³/mol. The summed E-state index contributed by atoms with van der Waals surface area (Å²) in [6.07, 6.45) is 0. The van der Waals surface area contributed by atoms with Gasteiger partial charge in [0.2, 0.25) is 0 Å². The molecule has 0 bridgehead atoms. The van der Waals surface area contributed by atoms with Gasteiger partial charge in [0.1, 0.15) is 5.70 Å². The number of aliphatic hydroxyl groups is 1. The van der Waals surface area contributed by atoms with E-state index in [1.807, 2.05) is 5.38 Å². The van der Waals surface area contributed by atoms with Crippen molar-refractivity contribution in [1.29, 1.82) is 0 Å². The fourth-order valence-electron chi connectivity index (χ4n) is 2.77. The molecule has 0 aliphatic carbocycles. The van der Waals surface area contributed by atoms with Crippen molar-refractivity contribution in [1.82, 2.24) is 4.90 Å². The molecule has 0 radical (unpaired) electrons. The van der Waals surface area contributed by atoms with Gasteiger partial charge >= 0.3 is 5.97 Å². The zero-order chi connectivity index (χ0) is 20.1. The minimum absolute atomic E-state index is 0.0587. The van der Waals surface area contributed by atoms with Gasteiger partial charge in [-0.2, -0.15) is 0 Å². The van der Waals surface area contributed by atoms with Gasteiger partial charge in [-0.15, -0.1) is 11.3 Å². The SMILES string of the molecule is COC(=O)C1=C(Nc2cccc(NC(=O)c3cccs3)c2)C(=O)N(CCO)C1. The smallest absolute Gasteiger partial charge is 0.337 e. The molecular weight excluding hydrogens is 382 g/mol. The van der Waals surface area contributed by atoms with E-state index in [0.717, 1.165) is 0 Å². The number of rotatable bonds is 7. The summed E-state index contributed by atoms with van der Waals surface area (Å²) in [6.45, 7) is -0.0394. The highest BCUT2D eigenvalue weighted by Gasteiger charge is 2.34. The highest BCUT2D eigenvalue weighted by Crippen LogP contribution is 2.24. The van der Waals surface area contributed by atoms with Crippen molar-refractivity contribution in [2.24, 2.45) is 0 Å². The number of nitrogens with one attached hydrogen (secondary N) is 2. The topological polar surface area (TPSA) is 108 Å². The Hall–Kier alpha value is -3.17. The molecule has 0 unspecified atom stereocenters. The second kappa shape index (κ2) is 8.68. The molecule has 2 heterocycles. The number of amides is 2. The lowest BCUT2D eigenvalue weighted by atomic mass is 10.2. The summed E-state index contributed by atoms with van der Waals surface area (Å²) in [4.78, 5) is 38.7. The van der Waals surface area contributed by atoms with Gasteiger partial charge in [-0.3, -0.25) is 9.59 Å². The molecule has 146 valence electrons. The number of carbonyl (C=O) groups is 3. The highest BCUT2D eigenvalue weighted by atomic mass is 32.1. The Labute approximate surface area is 165 Å². The number of carbonyl (C=O) groups excluding carboxylic acids is 3. The Morgan fingerprint density at radius 2 is 2.04 bits per heavy atom. The molecule has 1 aliphatic rings. The summed E-state index contributed by atoms with van der Waals surface area (Å²) < 4.78 is 4.76. The molecule has 2 aromatic rings. The van der Waals surface area contributed by atoms with E-state index in [1.165, 1.54) is 23.3 Å². The lowest BCUT2D eigenvalue weighted by Crippen LogP contribution is -2.31. The average Bonchev–Trinajstić information content (AvgIpc) is 3.33. The van der Waals surface area contributed by atoms with E-state index >= 15 is 0 Å². The van der Waals surface area contributed by atoms with E-state index in [2.05, 4.69) is 10.6 Å². The van der Waals surface area contributed by atoms with Gasteiger partial charge in [-0.25, -0.2) is 4.79 Å². The third kappa shape index (κ3) is 4.21. The van der Waals surface area contributed by atoms with E-state index in [0.29, 0.717) is 16.3 Å². The van der Waals surface area contributed by atoms with Crippen LogP contribution in [0.1, 0.15) is 9.67 Å². The van der Waals surface area contributed by atoms with E-state index in [9.17, 15) is 14.4 Å². The number of ether oxygens (including phenoxy) is 1. The first-order valence-electron chi connectivity index (χ1n) is 8.47. The standard InChI is InChI=1S/C19H19N3O5S/c1-27-19(26)14-11-22(7-8-23)18(25)16(14)20-12-4-2-5-13(10-12)21-17(24)15-6-3-9-28-15/h2-6,9-10,20,23H,7-8,11H2,1H3,(H,21,24). The minimum atomic E-state index is -0.613. The fraction of sp³-hybridized carbons (Fsp3) is 0.211. The molecule has 9 heteroatoms. The number of thiophene rings is 1. The molecule has 3 rings (SSSR count). The molecule has 3 N–H and O–H groups in total. The van der Waals surface area contributed by atoms with Crippen molar-refractivity contribution in [3.8, 4) is 0 Å². The van der Waals surface area contributed by atoms with Crippen LogP contribution < -0.4 is 10.6 Å². The summed E-state index contributed by atoms with van der Waals surface area (Å²) in [5.74, 6) is -1.24. The van der Waals surface area contributed by atoms with Crippen LogP contribution >= 0.6 is 11.3 Å². The van der Waals surface area contributed by atoms with Crippen LogP contribution in [-0.2, 0) is 14.3 Å². The van der Waals surface area contributed by atoms with Gasteiger partial charge in [0, 0.05) is 17.9 Å². The average molecular weight is 401 g/mol. The van der Waals surface area contributed by atoms with Crippen LogP contribution in [0.5, 0.6) is 0 Å². The minimum Gasteiger partial charge on any atom is -0.466 e. The normalized spacial score (nSPS) is 13.6. The summed E-state index contributed by atoms with van der Waals surface area (Å²) >= 11 is 1.33. The molecule has 0 saturated carbocycles. The predicted octanol–water partition coefficient (Wildman–Crippen LogP) is 1.67. The van der Waals surface area contributed by atoms with Gasteiger partial charge in [0.25, 0.3) is 11.8 Å². The third-order valence-corrected chi connectivity index (χ3v) is 4.96. The quantitative estimate of drug-likeness (QED) is 0.609. The molecule has 0 atom stereocenters. The van der Waals surface area contributed by atoms with Crippen LogP contribution in [0, 0.1) is 0 Å². The number of β-amino-alcohol motifs (C(OH)–C–C–N with tert-alkyl or cyclic N) is 1. The summed E-state index contributed by atoms with van der Waals surface area (Å²) in [5.41, 5.74) is 1.36. The maximum absolute atomic E-state index is 12.6. The van der Waals surface area contributed by atoms with Gasteiger partial charge in [0.05, 0.1) is 30.7 Å². The number of methoxy groups -OCH3 is 1. The van der Waals surface area contributed by atoms with Crippen LogP contribution in [0.25, 0.3) is 0 Å². The number of nitrogens with zero attached hydrogens (tertiary/aromatic N) is 1. The molecule has 1 aromatic carbocycles. The number of aliphatic hydroxyl groups excluding tert-OH is 1. The maximum Gasteiger partial charge on any atom is 0.337 e. The largest absolute Gasteiger partial charge is 0.466 e. The van der Waals surface area contributed by atoms with Crippen molar-refractivity contribution in [2.45, 2.75) is 0 Å². The highest BCUT2D eigenvalue weighted by molar-refractivity contribution is 7.12. The van der Waals surface area contributed by atoms with Crippen molar-refractivity contribution in [3.63, 3.8) is 0 Å². The molecule has 8 nitrogen and oxygen atoms in total. The molecule has 0 spiro atoms. The zero-order valence-electron chi connectivity index (χ0n) is 15.1. The van der Waals surface area contributed by atoms with Crippen molar-refractivity contribution in [3.05, 3.63) is 57.9 Å². The number of anilines is 2. The van der Waals surface area contributed by atoms with E-state index < -0.39 is 11.9 Å². The molecule has 0 saturated heterocycles. The second-order valence-electron chi connectivity index (χ2n) is 5.93. The Bertz CT molecular complexity index is 923. The van der Waals surface area contributed by atoms with Crippen LogP contribution in [0.2, 0.25) is 0 Å². The van der Waals surface area contributed by atoms with Crippen LogP contribution in [0.3, 0.4) is 0 Å². The van der Waals surface area contributed by atoms with Crippen molar-refractivity contribution < 1.29 is 24.2 Å². The Morgan fingerprint density at radius 1 is 1.25 bits per heavy atom. The number of benzene rings is 1. The first-order chi connectivity index (χ1) is 13.5. The summed E-state index contributed by atoms with van der Waals surface area (Å²) in [6, 6.07) is 10.3. The lowest BCUT2D eigenvalue weighted by Gasteiger charge is -2.15. The molecular formula is C19H19N3O5S. The third-order valence-electron chi connectivity index (χ3n) is 4.09. The monoisotopic (exact) mass is 401 g/mol. The van der Waals surface area contributed by atoms with Gasteiger partial charge in [-0.1, -0.05) is 12.1 Å². The number of hydrogen-bond acceptors (Lipinski definition) is 7. The number of esters is 1. The van der Waals surface area contributed by atoms with E-state index in [4.69, 9.17) is 9.84 Å². The number of hydrogen-bond donors (Lipinski definition) is 3. The van der Waals surface area contributed by atoms with E-state index in [1.54, 1.807) is 36.4 Å². The molecule has 1 aliphatic heterocycles. The van der Waals surface area contributed by atoms with Crippen LogP contribution in [-0.4, -0.2) is 54.6 Å². The Balaban J connectivity index is 1.80. The lowest BCUT2D eigenvalue weighted by molar-refractivity contribution is -0.136. The summed E-state index contributed by atoms with van der Waals surface area (Å²) in [5, 5.41) is 16.7. The van der Waals surface area contributed by atoms with Gasteiger partial charge in [-0.05, 0) is 29.6 Å². The molecule has 0 fully saturated rings. The molecule has 2 amide bonds. The van der Waals surface area contributed by atoms with Crippen LogP contribution in [0.4, 0.5) is 11.4 Å². The first-order valence-corrected chi connectivity index (χ1v) is 9.35. The van der Waals surface area contributed by atoms with E-state index in [-0.39, 0.29) is 36.9 Å². The zero-order valence-corrected chi connectivity index (χ0v) is 15.9. The van der Waals surface area contributed by atoms with Crippen molar-refractivity contribution in [2.75, 3.05) is 37.4 Å². The molecule has 1 aromatic heterocycles. The summed E-state index contributed by atoms with van der Waals surface area (Å²) in [7, 11) is 1.24.